The van der Waals surface area contributed by atoms with Crippen LogP contribution in [0.5, 0.6) is 5.75 Å². The molecule has 4 unspecified atom stereocenters. The smallest absolute Gasteiger partial charge is 0.338 e. The fourth-order valence-electron chi connectivity index (χ4n) is 4.02. The first-order chi connectivity index (χ1) is 13.4. The Labute approximate surface area is 166 Å². The van der Waals surface area contributed by atoms with Crippen LogP contribution in [0.2, 0.25) is 0 Å². The van der Waals surface area contributed by atoms with Crippen LogP contribution in [0.1, 0.15) is 58.6 Å². The topological polar surface area (TPSA) is 76.7 Å². The van der Waals surface area contributed by atoms with Gasteiger partial charge < -0.3 is 20.1 Å². The summed E-state index contributed by atoms with van der Waals surface area (Å²) < 4.78 is 11.6. The van der Waals surface area contributed by atoms with E-state index in [9.17, 15) is 9.59 Å². The van der Waals surface area contributed by atoms with Crippen molar-refractivity contribution >= 4 is 12.0 Å². The lowest BCUT2D eigenvalue weighted by Crippen LogP contribution is -2.46. The highest BCUT2D eigenvalue weighted by atomic mass is 16.5. The largest absolute Gasteiger partial charge is 0.494 e. The Bertz CT molecular complexity index is 774. The van der Waals surface area contributed by atoms with E-state index in [2.05, 4.69) is 24.5 Å². The molecule has 1 fully saturated rings. The van der Waals surface area contributed by atoms with Gasteiger partial charge in [0, 0.05) is 11.3 Å². The van der Waals surface area contributed by atoms with Crippen LogP contribution in [0, 0.1) is 11.8 Å². The SMILES string of the molecule is CCOc1ccccc1C1NC(=O)NC(C)=C1C(=O)OC1CCC(C)C(C)C1. The Hall–Kier alpha value is -2.50. The fourth-order valence-corrected chi connectivity index (χ4v) is 4.02. The van der Waals surface area contributed by atoms with Crippen LogP contribution in [0.15, 0.2) is 35.5 Å². The first kappa shape index (κ1) is 20.2. The molecule has 0 saturated heterocycles. The highest BCUT2D eigenvalue weighted by Crippen LogP contribution is 2.35. The maximum absolute atomic E-state index is 13.1. The molecule has 0 aromatic heterocycles. The summed E-state index contributed by atoms with van der Waals surface area (Å²) in [5, 5.41) is 5.56. The molecule has 0 bridgehead atoms. The Morgan fingerprint density at radius 3 is 2.64 bits per heavy atom. The van der Waals surface area contributed by atoms with Gasteiger partial charge >= 0.3 is 12.0 Å². The zero-order valence-corrected chi connectivity index (χ0v) is 17.1. The second-order valence-corrected chi connectivity index (χ2v) is 7.84. The molecule has 4 atom stereocenters. The van der Waals surface area contributed by atoms with Crippen LogP contribution in [0.4, 0.5) is 4.79 Å². The van der Waals surface area contributed by atoms with Crippen molar-refractivity contribution in [3.63, 3.8) is 0 Å². The van der Waals surface area contributed by atoms with E-state index >= 15 is 0 Å². The third-order valence-corrected chi connectivity index (χ3v) is 5.84. The molecule has 0 radical (unpaired) electrons. The molecule has 1 heterocycles. The van der Waals surface area contributed by atoms with Crippen LogP contribution in [0.3, 0.4) is 0 Å². The molecule has 28 heavy (non-hydrogen) atoms. The number of hydrogen-bond acceptors (Lipinski definition) is 4. The number of carbonyl (C=O) groups excluding carboxylic acids is 2. The molecule has 152 valence electrons. The summed E-state index contributed by atoms with van der Waals surface area (Å²) in [7, 11) is 0. The van der Waals surface area contributed by atoms with Crippen LogP contribution in [-0.4, -0.2) is 24.7 Å². The predicted molar refractivity (Wildman–Crippen MR) is 107 cm³/mol. The Balaban J connectivity index is 1.87. The van der Waals surface area contributed by atoms with Crippen molar-refractivity contribution in [2.75, 3.05) is 6.61 Å². The van der Waals surface area contributed by atoms with E-state index < -0.39 is 6.04 Å². The molecule has 1 saturated carbocycles. The molecule has 6 heteroatoms. The van der Waals surface area contributed by atoms with Gasteiger partial charge in [0.25, 0.3) is 0 Å². The minimum absolute atomic E-state index is 0.0839. The van der Waals surface area contributed by atoms with Crippen molar-refractivity contribution in [3.8, 4) is 5.75 Å². The minimum Gasteiger partial charge on any atom is -0.494 e. The molecule has 0 spiro atoms. The van der Waals surface area contributed by atoms with Crippen molar-refractivity contribution in [2.45, 2.75) is 59.1 Å². The summed E-state index contributed by atoms with van der Waals surface area (Å²) in [6, 6.07) is 6.50. The van der Waals surface area contributed by atoms with E-state index in [4.69, 9.17) is 9.47 Å². The molecule has 1 aliphatic carbocycles. The first-order valence-electron chi connectivity index (χ1n) is 10.1. The fraction of sp³-hybridized carbons (Fsp3) is 0.545. The van der Waals surface area contributed by atoms with Crippen molar-refractivity contribution in [1.29, 1.82) is 0 Å². The highest BCUT2D eigenvalue weighted by molar-refractivity contribution is 5.95. The Morgan fingerprint density at radius 2 is 1.93 bits per heavy atom. The number of esters is 1. The predicted octanol–water partition coefficient (Wildman–Crippen LogP) is 4.08. The molecule has 1 aliphatic heterocycles. The summed E-state index contributed by atoms with van der Waals surface area (Å²) in [6.45, 7) is 8.59. The monoisotopic (exact) mass is 386 g/mol. The highest BCUT2D eigenvalue weighted by Gasteiger charge is 2.36. The Kier molecular flexibility index (Phi) is 6.27. The molecule has 1 aromatic carbocycles. The number of carbonyl (C=O) groups is 2. The van der Waals surface area contributed by atoms with Gasteiger partial charge in [-0.05, 0) is 51.0 Å². The minimum atomic E-state index is -0.607. The van der Waals surface area contributed by atoms with Crippen LogP contribution < -0.4 is 15.4 Å². The average molecular weight is 386 g/mol. The number of benzene rings is 1. The van der Waals surface area contributed by atoms with Gasteiger partial charge in [0.2, 0.25) is 0 Å². The molecular weight excluding hydrogens is 356 g/mol. The molecule has 1 aromatic rings. The standard InChI is InChI=1S/C22H30N2O4/c1-5-27-18-9-7-6-8-17(18)20-19(15(4)23-22(26)24-20)21(25)28-16-11-10-13(2)14(3)12-16/h6-9,13-14,16,20H,5,10-12H2,1-4H3,(H2,23,24,26). The van der Waals surface area contributed by atoms with Gasteiger partial charge in [0.05, 0.1) is 18.2 Å². The molecule has 2 N–H and O–H groups in total. The number of ether oxygens (including phenoxy) is 2. The van der Waals surface area contributed by atoms with Gasteiger partial charge in [0.1, 0.15) is 11.9 Å². The van der Waals surface area contributed by atoms with Crippen LogP contribution >= 0.6 is 0 Å². The summed E-state index contributed by atoms with van der Waals surface area (Å²) in [5.74, 6) is 1.45. The normalized spacial score (nSPS) is 27.6. The van der Waals surface area contributed by atoms with Crippen molar-refractivity contribution in [1.82, 2.24) is 10.6 Å². The number of amides is 2. The molecule has 3 rings (SSSR count). The quantitative estimate of drug-likeness (QED) is 0.748. The van der Waals surface area contributed by atoms with Crippen molar-refractivity contribution < 1.29 is 19.1 Å². The van der Waals surface area contributed by atoms with E-state index in [-0.39, 0.29) is 18.1 Å². The second kappa shape index (κ2) is 8.67. The van der Waals surface area contributed by atoms with Gasteiger partial charge in [-0.15, -0.1) is 0 Å². The van der Waals surface area contributed by atoms with E-state index in [0.717, 1.165) is 24.8 Å². The van der Waals surface area contributed by atoms with E-state index in [1.165, 1.54) is 0 Å². The summed E-state index contributed by atoms with van der Waals surface area (Å²) >= 11 is 0. The molecule has 2 amide bonds. The zero-order chi connectivity index (χ0) is 20.3. The number of rotatable bonds is 5. The van der Waals surface area contributed by atoms with E-state index in [1.807, 2.05) is 31.2 Å². The number of allylic oxidation sites excluding steroid dienone is 1. The van der Waals surface area contributed by atoms with Gasteiger partial charge in [-0.3, -0.25) is 0 Å². The summed E-state index contributed by atoms with van der Waals surface area (Å²) in [6.07, 6.45) is 2.73. The average Bonchev–Trinajstić information content (AvgIpc) is 2.64. The zero-order valence-electron chi connectivity index (χ0n) is 17.1. The molecule has 6 nitrogen and oxygen atoms in total. The maximum Gasteiger partial charge on any atom is 0.338 e. The third-order valence-electron chi connectivity index (χ3n) is 5.84. The molecular formula is C22H30N2O4. The lowest BCUT2D eigenvalue weighted by atomic mass is 9.80. The number of urea groups is 1. The van der Waals surface area contributed by atoms with Crippen molar-refractivity contribution in [2.24, 2.45) is 11.8 Å². The number of hydrogen-bond donors (Lipinski definition) is 2. The summed E-state index contributed by atoms with van der Waals surface area (Å²) in [5.41, 5.74) is 1.69. The third kappa shape index (κ3) is 4.32. The second-order valence-electron chi connectivity index (χ2n) is 7.84. The van der Waals surface area contributed by atoms with Crippen LogP contribution in [0.25, 0.3) is 0 Å². The van der Waals surface area contributed by atoms with Crippen molar-refractivity contribution in [3.05, 3.63) is 41.1 Å². The van der Waals surface area contributed by atoms with Gasteiger partial charge in [-0.1, -0.05) is 32.0 Å². The van der Waals surface area contributed by atoms with Gasteiger partial charge in [-0.25, -0.2) is 9.59 Å². The molecule has 2 aliphatic rings. The van der Waals surface area contributed by atoms with E-state index in [0.29, 0.717) is 35.5 Å². The lowest BCUT2D eigenvalue weighted by molar-refractivity contribution is -0.147. The number of para-hydroxylation sites is 1. The van der Waals surface area contributed by atoms with Gasteiger partial charge in [0.15, 0.2) is 0 Å². The van der Waals surface area contributed by atoms with E-state index in [1.54, 1.807) is 6.92 Å². The Morgan fingerprint density at radius 1 is 1.18 bits per heavy atom. The first-order valence-corrected chi connectivity index (χ1v) is 10.1. The van der Waals surface area contributed by atoms with Gasteiger partial charge in [-0.2, -0.15) is 0 Å². The summed E-state index contributed by atoms with van der Waals surface area (Å²) in [4.78, 5) is 25.2. The maximum atomic E-state index is 13.1. The number of nitrogens with one attached hydrogen (secondary N) is 2. The lowest BCUT2D eigenvalue weighted by Gasteiger charge is -2.34. The van der Waals surface area contributed by atoms with Crippen LogP contribution in [-0.2, 0) is 9.53 Å².